The van der Waals surface area contributed by atoms with Crippen LogP contribution < -0.4 is 15.0 Å². The van der Waals surface area contributed by atoms with Gasteiger partial charge in [-0.15, -0.1) is 0 Å². The zero-order valence-electron chi connectivity index (χ0n) is 19.9. The van der Waals surface area contributed by atoms with Gasteiger partial charge in [0.15, 0.2) is 0 Å². The molecule has 184 valence electrons. The van der Waals surface area contributed by atoms with Crippen molar-refractivity contribution < 1.29 is 19.4 Å². The van der Waals surface area contributed by atoms with Crippen molar-refractivity contribution >= 4 is 28.2 Å². The van der Waals surface area contributed by atoms with Crippen LogP contribution in [0, 0.1) is 5.92 Å². The molecule has 1 saturated heterocycles. The van der Waals surface area contributed by atoms with E-state index in [0.717, 1.165) is 67.5 Å². The standard InChI is InChI=1S/C27H32N4O4/c32-17-18-4-6-21(7-5-18)31-15-20-13-25-26(14-24(20)29-31)30-9-8-23(16-30)35-11-10-34-22-3-1-2-19(12-22)27(33)28-25/h1-3,12-15,18,21,23,32H,4-11,16-17H2,(H,28,33)/t18-,21-,23-/m1/s1. The van der Waals surface area contributed by atoms with E-state index < -0.39 is 0 Å². The Labute approximate surface area is 204 Å². The average molecular weight is 477 g/mol. The second kappa shape index (κ2) is 9.51. The number of fused-ring (bicyclic) bond motifs is 7. The molecule has 1 aliphatic carbocycles. The van der Waals surface area contributed by atoms with E-state index in [-0.39, 0.29) is 18.6 Å². The molecule has 1 saturated carbocycles. The first kappa shape index (κ1) is 22.4. The SMILES string of the molecule is O=C1Nc2cc3cn([C@H]4CC[C@H](CO)CC4)nc3cc2N2CC[C@H](C2)OCCOc2cccc1c2. The summed E-state index contributed by atoms with van der Waals surface area (Å²) in [5.41, 5.74) is 3.26. The lowest BCUT2D eigenvalue weighted by Gasteiger charge is -2.27. The summed E-state index contributed by atoms with van der Waals surface area (Å²) in [7, 11) is 0. The third-order valence-electron chi connectivity index (χ3n) is 7.62. The summed E-state index contributed by atoms with van der Waals surface area (Å²) >= 11 is 0. The van der Waals surface area contributed by atoms with Crippen LogP contribution >= 0.6 is 0 Å². The van der Waals surface area contributed by atoms with Crippen molar-refractivity contribution in [3.8, 4) is 5.75 Å². The molecule has 2 aromatic carbocycles. The van der Waals surface area contributed by atoms with Gasteiger partial charge in [0, 0.05) is 36.8 Å². The summed E-state index contributed by atoms with van der Waals surface area (Å²) < 4.78 is 14.0. The molecule has 1 atom stereocenters. The smallest absolute Gasteiger partial charge is 0.255 e. The first-order chi connectivity index (χ1) is 17.2. The predicted molar refractivity (Wildman–Crippen MR) is 134 cm³/mol. The van der Waals surface area contributed by atoms with Crippen LogP contribution in [0.25, 0.3) is 10.9 Å². The summed E-state index contributed by atoms with van der Waals surface area (Å²) in [5.74, 6) is 0.920. The van der Waals surface area contributed by atoms with Crippen LogP contribution in [-0.4, -0.2) is 59.8 Å². The molecule has 35 heavy (non-hydrogen) atoms. The molecular weight excluding hydrogens is 444 g/mol. The highest BCUT2D eigenvalue weighted by atomic mass is 16.5. The van der Waals surface area contributed by atoms with E-state index in [1.54, 1.807) is 12.1 Å². The topological polar surface area (TPSA) is 88.9 Å². The normalized spacial score (nSPS) is 25.0. The van der Waals surface area contributed by atoms with Crippen molar-refractivity contribution in [1.82, 2.24) is 9.78 Å². The fourth-order valence-electron chi connectivity index (χ4n) is 5.60. The maximum atomic E-state index is 13.2. The summed E-state index contributed by atoms with van der Waals surface area (Å²) in [6.45, 7) is 2.88. The summed E-state index contributed by atoms with van der Waals surface area (Å²) in [6, 6.07) is 11.8. The molecule has 2 aliphatic heterocycles. The number of aromatic nitrogens is 2. The number of ether oxygens (including phenoxy) is 2. The number of rotatable bonds is 2. The van der Waals surface area contributed by atoms with Gasteiger partial charge in [-0.25, -0.2) is 0 Å². The molecule has 0 radical (unpaired) electrons. The monoisotopic (exact) mass is 476 g/mol. The molecule has 3 aliphatic rings. The van der Waals surface area contributed by atoms with Crippen LogP contribution in [-0.2, 0) is 4.74 Å². The lowest BCUT2D eigenvalue weighted by molar-refractivity contribution is 0.0465. The van der Waals surface area contributed by atoms with E-state index in [4.69, 9.17) is 14.6 Å². The Kier molecular flexibility index (Phi) is 6.08. The number of carbonyl (C=O) groups excluding carboxylic acids is 1. The van der Waals surface area contributed by atoms with Crippen molar-refractivity contribution in [2.24, 2.45) is 5.92 Å². The fourth-order valence-corrected chi connectivity index (χ4v) is 5.60. The van der Waals surface area contributed by atoms with Gasteiger partial charge in [-0.2, -0.15) is 5.10 Å². The molecule has 2 N–H and O–H groups in total. The number of hydrogen-bond donors (Lipinski definition) is 2. The van der Waals surface area contributed by atoms with Gasteiger partial charge in [0.1, 0.15) is 12.4 Å². The minimum atomic E-state index is -0.158. The van der Waals surface area contributed by atoms with E-state index in [1.165, 1.54) is 0 Å². The molecule has 0 spiro atoms. The van der Waals surface area contributed by atoms with E-state index in [9.17, 15) is 9.90 Å². The number of benzene rings is 2. The van der Waals surface area contributed by atoms with Crippen LogP contribution in [0.4, 0.5) is 11.4 Å². The van der Waals surface area contributed by atoms with Gasteiger partial charge >= 0.3 is 0 Å². The number of nitrogens with zero attached hydrogens (tertiary/aromatic N) is 3. The molecule has 1 amide bonds. The Hall–Kier alpha value is -3.10. The molecule has 4 bridgehead atoms. The minimum Gasteiger partial charge on any atom is -0.491 e. The van der Waals surface area contributed by atoms with Crippen molar-refractivity contribution in [3.63, 3.8) is 0 Å². The largest absolute Gasteiger partial charge is 0.491 e. The molecule has 8 nitrogen and oxygen atoms in total. The highest BCUT2D eigenvalue weighted by molar-refractivity contribution is 6.07. The number of aliphatic hydroxyl groups excluding tert-OH is 1. The van der Waals surface area contributed by atoms with Gasteiger partial charge in [0.2, 0.25) is 0 Å². The molecule has 0 unspecified atom stereocenters. The Bertz CT molecular complexity index is 1220. The maximum absolute atomic E-state index is 13.2. The molecule has 6 rings (SSSR count). The first-order valence-electron chi connectivity index (χ1n) is 12.7. The summed E-state index contributed by atoms with van der Waals surface area (Å²) in [6.07, 6.45) is 7.28. The summed E-state index contributed by atoms with van der Waals surface area (Å²) in [5, 5.41) is 18.6. The second-order valence-corrected chi connectivity index (χ2v) is 9.95. The van der Waals surface area contributed by atoms with E-state index in [0.29, 0.717) is 36.5 Å². The van der Waals surface area contributed by atoms with Gasteiger partial charge < -0.3 is 24.8 Å². The number of anilines is 2. The van der Waals surface area contributed by atoms with Crippen LogP contribution in [0.1, 0.15) is 48.5 Å². The zero-order valence-corrected chi connectivity index (χ0v) is 19.9. The van der Waals surface area contributed by atoms with Gasteiger partial charge in [0.05, 0.1) is 35.6 Å². The van der Waals surface area contributed by atoms with Crippen molar-refractivity contribution in [3.05, 3.63) is 48.2 Å². The lowest BCUT2D eigenvalue weighted by atomic mass is 9.87. The molecule has 2 fully saturated rings. The number of aliphatic hydroxyl groups is 1. The third-order valence-corrected chi connectivity index (χ3v) is 7.62. The van der Waals surface area contributed by atoms with Gasteiger partial charge in [-0.1, -0.05) is 6.07 Å². The van der Waals surface area contributed by atoms with E-state index in [1.807, 2.05) is 18.2 Å². The molecule has 1 aromatic heterocycles. The van der Waals surface area contributed by atoms with Crippen molar-refractivity contribution in [1.29, 1.82) is 0 Å². The molecule has 3 aromatic rings. The zero-order chi connectivity index (χ0) is 23.8. The quantitative estimate of drug-likeness (QED) is 0.581. The minimum absolute atomic E-state index is 0.131. The maximum Gasteiger partial charge on any atom is 0.255 e. The second-order valence-electron chi connectivity index (χ2n) is 9.95. The number of amides is 1. The van der Waals surface area contributed by atoms with Crippen LogP contribution in [0.15, 0.2) is 42.6 Å². The van der Waals surface area contributed by atoms with E-state index >= 15 is 0 Å². The highest BCUT2D eigenvalue weighted by Gasteiger charge is 2.27. The molecule has 3 heterocycles. The van der Waals surface area contributed by atoms with Crippen LogP contribution in [0.3, 0.4) is 0 Å². The first-order valence-corrected chi connectivity index (χ1v) is 12.7. The molecule has 8 heteroatoms. The van der Waals surface area contributed by atoms with Crippen molar-refractivity contribution in [2.75, 3.05) is 43.1 Å². The number of nitrogens with one attached hydrogen (secondary N) is 1. The summed E-state index contributed by atoms with van der Waals surface area (Å²) in [4.78, 5) is 15.5. The Morgan fingerprint density at radius 1 is 1.09 bits per heavy atom. The van der Waals surface area contributed by atoms with Crippen LogP contribution in [0.2, 0.25) is 0 Å². The number of carbonyl (C=O) groups is 1. The van der Waals surface area contributed by atoms with Gasteiger partial charge in [0.25, 0.3) is 5.91 Å². The van der Waals surface area contributed by atoms with Gasteiger partial charge in [-0.05, 0) is 68.4 Å². The van der Waals surface area contributed by atoms with E-state index in [2.05, 4.69) is 27.2 Å². The Morgan fingerprint density at radius 3 is 2.83 bits per heavy atom. The highest BCUT2D eigenvalue weighted by Crippen LogP contribution is 2.37. The van der Waals surface area contributed by atoms with Gasteiger partial charge in [-0.3, -0.25) is 9.48 Å². The average Bonchev–Trinajstić information content (AvgIpc) is 3.53. The van der Waals surface area contributed by atoms with Crippen LogP contribution in [0.5, 0.6) is 5.75 Å². The molecular formula is C27H32N4O4. The predicted octanol–water partition coefficient (Wildman–Crippen LogP) is 4.00. The van der Waals surface area contributed by atoms with Crippen molar-refractivity contribution in [2.45, 2.75) is 44.2 Å². The lowest BCUT2D eigenvalue weighted by Crippen LogP contribution is -2.26. The fraction of sp³-hybridized carbons (Fsp3) is 0.481. The third kappa shape index (κ3) is 4.60. The Balaban J connectivity index is 1.36. The Morgan fingerprint density at radius 2 is 1.97 bits per heavy atom. The number of hydrogen-bond acceptors (Lipinski definition) is 6.